The molecule has 2 aromatic heterocycles. The molecule has 2 saturated heterocycles. The summed E-state index contributed by atoms with van der Waals surface area (Å²) in [5.74, 6) is 0.706. The number of hydrogen-bond acceptors (Lipinski definition) is 6. The van der Waals surface area contributed by atoms with E-state index in [1.807, 2.05) is 42.4 Å². The highest BCUT2D eigenvalue weighted by atomic mass is 16.5. The molecular formula is C29H32N6O4. The Labute approximate surface area is 226 Å². The van der Waals surface area contributed by atoms with Crippen LogP contribution in [0.4, 0.5) is 5.69 Å². The zero-order valence-corrected chi connectivity index (χ0v) is 22.2. The number of nitrogens with one attached hydrogen (secondary N) is 2. The smallest absolute Gasteiger partial charge is 0.241 e. The van der Waals surface area contributed by atoms with Crippen LogP contribution >= 0.6 is 0 Å². The summed E-state index contributed by atoms with van der Waals surface area (Å²) < 4.78 is 8.62. The fraction of sp³-hybridized carbons (Fsp3) is 0.483. The third-order valence-corrected chi connectivity index (χ3v) is 9.01. The summed E-state index contributed by atoms with van der Waals surface area (Å²) in [4.78, 5) is 48.3. The van der Waals surface area contributed by atoms with Gasteiger partial charge in [0.15, 0.2) is 0 Å². The van der Waals surface area contributed by atoms with E-state index in [4.69, 9.17) is 14.7 Å². The lowest BCUT2D eigenvalue weighted by molar-refractivity contribution is -0.133. The van der Waals surface area contributed by atoms with Crippen LogP contribution in [0.15, 0.2) is 30.6 Å². The van der Waals surface area contributed by atoms with E-state index < -0.39 is 5.41 Å². The van der Waals surface area contributed by atoms with Crippen LogP contribution in [0.5, 0.6) is 5.88 Å². The largest absolute Gasteiger partial charge is 0.473 e. The number of ether oxygens (including phenoxy) is 1. The second kappa shape index (κ2) is 8.79. The number of fused-ring (bicyclic) bond motifs is 3. The number of rotatable bonds is 5. The van der Waals surface area contributed by atoms with Gasteiger partial charge in [0.05, 0.1) is 23.0 Å². The number of carbonyl (C=O) groups is 3. The molecule has 1 spiro atoms. The average molecular weight is 529 g/mol. The van der Waals surface area contributed by atoms with Crippen molar-refractivity contribution < 1.29 is 19.1 Å². The lowest BCUT2D eigenvalue weighted by Crippen LogP contribution is -2.47. The summed E-state index contributed by atoms with van der Waals surface area (Å²) in [6, 6.07) is 8.41. The van der Waals surface area contributed by atoms with Crippen LogP contribution in [0.25, 0.3) is 22.3 Å². The van der Waals surface area contributed by atoms with Crippen molar-refractivity contribution in [2.75, 3.05) is 25.0 Å². The fourth-order valence-electron chi connectivity index (χ4n) is 6.40. The Morgan fingerprint density at radius 3 is 2.67 bits per heavy atom. The Morgan fingerprint density at radius 1 is 1.18 bits per heavy atom. The Balaban J connectivity index is 1.24. The Bertz CT molecular complexity index is 1520. The maximum atomic E-state index is 13.2. The highest BCUT2D eigenvalue weighted by molar-refractivity contribution is 6.07. The zero-order chi connectivity index (χ0) is 26.9. The Kier molecular flexibility index (Phi) is 5.43. The van der Waals surface area contributed by atoms with Crippen molar-refractivity contribution in [3.05, 3.63) is 36.2 Å². The number of imidazole rings is 1. The molecule has 10 heteroatoms. The van der Waals surface area contributed by atoms with Crippen molar-refractivity contribution in [2.24, 2.45) is 5.92 Å². The van der Waals surface area contributed by atoms with Crippen LogP contribution in [0.1, 0.15) is 57.6 Å². The van der Waals surface area contributed by atoms with Gasteiger partial charge >= 0.3 is 0 Å². The van der Waals surface area contributed by atoms with Crippen LogP contribution in [0.3, 0.4) is 0 Å². The molecule has 5 heterocycles. The molecule has 1 unspecified atom stereocenters. The summed E-state index contributed by atoms with van der Waals surface area (Å²) >= 11 is 0. The minimum atomic E-state index is -0.601. The summed E-state index contributed by atoms with van der Waals surface area (Å²) in [5, 5.41) is 6.00. The number of carbonyl (C=O) groups excluding carboxylic acids is 3. The minimum Gasteiger partial charge on any atom is -0.473 e. The monoisotopic (exact) mass is 528 g/mol. The third kappa shape index (κ3) is 3.95. The van der Waals surface area contributed by atoms with Crippen LogP contribution in [0, 0.1) is 5.92 Å². The molecule has 10 nitrogen and oxygen atoms in total. The van der Waals surface area contributed by atoms with Gasteiger partial charge in [-0.2, -0.15) is 0 Å². The molecule has 3 amide bonds. The van der Waals surface area contributed by atoms with E-state index in [0.717, 1.165) is 46.4 Å². The average Bonchev–Trinajstić information content (AvgIpc) is 3.42. The van der Waals surface area contributed by atoms with Gasteiger partial charge in [-0.1, -0.05) is 12.1 Å². The number of hydrogen-bond donors (Lipinski definition) is 2. The fourth-order valence-corrected chi connectivity index (χ4v) is 6.40. The van der Waals surface area contributed by atoms with Gasteiger partial charge in [0.25, 0.3) is 0 Å². The molecule has 0 radical (unpaired) electrons. The first kappa shape index (κ1) is 24.1. The van der Waals surface area contributed by atoms with Gasteiger partial charge in [-0.15, -0.1) is 0 Å². The molecule has 1 aromatic carbocycles. The summed E-state index contributed by atoms with van der Waals surface area (Å²) in [6.07, 6.45) is 5.56. The van der Waals surface area contributed by atoms with Crippen LogP contribution in [-0.2, 0) is 19.8 Å². The molecule has 1 saturated carbocycles. The molecule has 0 bridgehead atoms. The molecule has 1 aliphatic carbocycles. The number of aromatic nitrogens is 3. The van der Waals surface area contributed by atoms with Gasteiger partial charge in [0, 0.05) is 56.2 Å². The highest BCUT2D eigenvalue weighted by Crippen LogP contribution is 2.46. The van der Waals surface area contributed by atoms with Gasteiger partial charge in [-0.3, -0.25) is 14.4 Å². The summed E-state index contributed by atoms with van der Waals surface area (Å²) in [6.45, 7) is 5.32. The predicted molar refractivity (Wildman–Crippen MR) is 144 cm³/mol. The number of benzene rings is 1. The van der Waals surface area contributed by atoms with E-state index >= 15 is 0 Å². The first-order valence-corrected chi connectivity index (χ1v) is 13.9. The van der Waals surface area contributed by atoms with Crippen LogP contribution < -0.4 is 15.4 Å². The van der Waals surface area contributed by atoms with Gasteiger partial charge in [0.2, 0.25) is 23.6 Å². The number of piperidine rings is 1. The maximum Gasteiger partial charge on any atom is 0.241 e. The van der Waals surface area contributed by atoms with Gasteiger partial charge < -0.3 is 24.8 Å². The minimum absolute atomic E-state index is 0.00186. The number of amides is 3. The van der Waals surface area contributed by atoms with Crippen molar-refractivity contribution >= 4 is 34.4 Å². The van der Waals surface area contributed by atoms with E-state index in [2.05, 4.69) is 15.2 Å². The number of anilines is 1. The molecule has 3 fully saturated rings. The van der Waals surface area contributed by atoms with Gasteiger partial charge in [-0.05, 0) is 50.3 Å². The highest BCUT2D eigenvalue weighted by Gasteiger charge is 2.48. The van der Waals surface area contributed by atoms with Crippen LogP contribution in [0.2, 0.25) is 0 Å². The van der Waals surface area contributed by atoms with Crippen molar-refractivity contribution in [3.63, 3.8) is 0 Å². The lowest BCUT2D eigenvalue weighted by atomic mass is 9.73. The van der Waals surface area contributed by atoms with E-state index in [9.17, 15) is 14.4 Å². The van der Waals surface area contributed by atoms with E-state index in [-0.39, 0.29) is 29.7 Å². The first-order chi connectivity index (χ1) is 18.8. The number of nitrogens with zero attached hydrogens (tertiary/aromatic N) is 4. The van der Waals surface area contributed by atoms with E-state index in [1.54, 1.807) is 6.92 Å². The normalized spacial score (nSPS) is 22.6. The lowest BCUT2D eigenvalue weighted by Gasteiger charge is -2.37. The van der Waals surface area contributed by atoms with Crippen molar-refractivity contribution in [3.8, 4) is 17.1 Å². The standard InChI is InChI=1S/C29H32N6O4/c1-16(19-12-25(37)30-14-19)39-27-26-24(31-15-35(26)20-4-5-20)13-22(32-27)18-3-6-21-23(11-18)33-28(38)29(21)7-9-34(10-8-29)17(2)36/h3,6,11,13,15-16,19-20H,4-5,7-10,12,14H2,1-2H3,(H,30,37)(H,33,38)/t16?,19-/m1/s1. The molecule has 2 atom stereocenters. The first-order valence-electron chi connectivity index (χ1n) is 13.9. The molecule has 3 aromatic rings. The molecule has 4 aliphatic rings. The van der Waals surface area contributed by atoms with E-state index in [0.29, 0.717) is 50.8 Å². The zero-order valence-electron chi connectivity index (χ0n) is 22.2. The number of pyridine rings is 1. The molecule has 7 rings (SSSR count). The molecular weight excluding hydrogens is 496 g/mol. The van der Waals surface area contributed by atoms with Gasteiger partial charge in [-0.25, -0.2) is 9.97 Å². The summed E-state index contributed by atoms with van der Waals surface area (Å²) in [5.41, 5.74) is 4.47. The van der Waals surface area contributed by atoms with E-state index in [1.165, 1.54) is 0 Å². The third-order valence-electron chi connectivity index (χ3n) is 9.01. The van der Waals surface area contributed by atoms with Crippen molar-refractivity contribution in [1.82, 2.24) is 24.8 Å². The Hall–Kier alpha value is -3.95. The van der Waals surface area contributed by atoms with Crippen molar-refractivity contribution in [2.45, 2.75) is 63.5 Å². The molecule has 3 aliphatic heterocycles. The quantitative estimate of drug-likeness (QED) is 0.525. The van der Waals surface area contributed by atoms with Crippen molar-refractivity contribution in [1.29, 1.82) is 0 Å². The van der Waals surface area contributed by atoms with Gasteiger partial charge in [0.1, 0.15) is 11.6 Å². The predicted octanol–water partition coefficient (Wildman–Crippen LogP) is 3.17. The topological polar surface area (TPSA) is 118 Å². The summed E-state index contributed by atoms with van der Waals surface area (Å²) in [7, 11) is 0. The second-order valence-corrected chi connectivity index (χ2v) is 11.5. The molecule has 202 valence electrons. The van der Waals surface area contributed by atoms with Crippen LogP contribution in [-0.4, -0.2) is 62.9 Å². The Morgan fingerprint density at radius 2 is 1.97 bits per heavy atom. The molecule has 39 heavy (non-hydrogen) atoms. The number of likely N-dealkylation sites (tertiary alicyclic amines) is 1. The maximum absolute atomic E-state index is 13.2. The second-order valence-electron chi connectivity index (χ2n) is 11.5. The SMILES string of the molecule is CC(=O)N1CCC2(CC1)C(=O)Nc1cc(-c3cc4ncn(C5CC5)c4c(OC(C)[C@H]4CNC(=O)C4)n3)ccc12. The molecule has 2 N–H and O–H groups in total.